The summed E-state index contributed by atoms with van der Waals surface area (Å²) < 4.78 is 28.1. The lowest BCUT2D eigenvalue weighted by atomic mass is 10.0. The summed E-state index contributed by atoms with van der Waals surface area (Å²) in [5.74, 6) is -0.850. The second-order valence-electron chi connectivity index (χ2n) is 3.92. The van der Waals surface area contributed by atoms with Crippen molar-refractivity contribution in [2.45, 2.75) is 25.1 Å². The Morgan fingerprint density at radius 1 is 1.33 bits per heavy atom. The molecule has 0 amide bonds. The van der Waals surface area contributed by atoms with Crippen molar-refractivity contribution in [3.63, 3.8) is 0 Å². The second kappa shape index (κ2) is 5.28. The summed E-state index contributed by atoms with van der Waals surface area (Å²) in [6, 6.07) is 5.30. The average molecular weight is 258 g/mol. The van der Waals surface area contributed by atoms with Crippen LogP contribution in [0.5, 0.6) is 5.75 Å². The molecule has 2 unspecified atom stereocenters. The molecule has 0 aliphatic carbocycles. The maximum absolute atomic E-state index is 12.0. The van der Waals surface area contributed by atoms with E-state index in [0.29, 0.717) is 6.42 Å². The van der Waals surface area contributed by atoms with Gasteiger partial charge in [-0.15, -0.1) is 0 Å². The van der Waals surface area contributed by atoms with E-state index in [1.54, 1.807) is 12.1 Å². The first-order valence-electron chi connectivity index (χ1n) is 5.35. The number of carbonyl (C=O) groups is 1. The number of alkyl halides is 2. The molecule has 1 aromatic rings. The average Bonchev–Trinajstić information content (AvgIpc) is 2.78. The van der Waals surface area contributed by atoms with E-state index in [1.807, 2.05) is 0 Å². The van der Waals surface area contributed by atoms with Gasteiger partial charge in [0.1, 0.15) is 11.8 Å². The van der Waals surface area contributed by atoms with E-state index in [-0.39, 0.29) is 11.8 Å². The Labute approximate surface area is 102 Å². The van der Waals surface area contributed by atoms with Crippen LogP contribution in [0.2, 0.25) is 0 Å². The van der Waals surface area contributed by atoms with Crippen molar-refractivity contribution in [3.05, 3.63) is 29.8 Å². The van der Waals surface area contributed by atoms with Gasteiger partial charge in [0, 0.05) is 6.04 Å². The number of aliphatic carboxylic acids is 1. The van der Waals surface area contributed by atoms with Gasteiger partial charge >= 0.3 is 12.6 Å². The summed E-state index contributed by atoms with van der Waals surface area (Å²) in [5, 5.41) is 8.82. The lowest BCUT2D eigenvalue weighted by Crippen LogP contribution is -2.36. The molecule has 1 aliphatic heterocycles. The Morgan fingerprint density at radius 3 is 2.50 bits per heavy atom. The van der Waals surface area contributed by atoms with Gasteiger partial charge < -0.3 is 9.84 Å². The van der Waals surface area contributed by atoms with E-state index >= 15 is 0 Å². The molecule has 2 atom stereocenters. The molecule has 1 aliphatic rings. The molecule has 1 heterocycles. The van der Waals surface area contributed by atoms with Gasteiger partial charge in [0.05, 0.1) is 0 Å². The van der Waals surface area contributed by atoms with Gasteiger partial charge in [-0.25, -0.2) is 10.9 Å². The highest BCUT2D eigenvalue weighted by atomic mass is 19.3. The molecule has 0 bridgehead atoms. The van der Waals surface area contributed by atoms with Crippen LogP contribution >= 0.6 is 0 Å². The number of hydrazine groups is 1. The Hall–Kier alpha value is -1.73. The summed E-state index contributed by atoms with van der Waals surface area (Å²) in [5.41, 5.74) is 6.31. The summed E-state index contributed by atoms with van der Waals surface area (Å²) in [6.45, 7) is -2.85. The number of ether oxygens (including phenoxy) is 1. The molecule has 1 fully saturated rings. The van der Waals surface area contributed by atoms with Gasteiger partial charge in [-0.2, -0.15) is 8.78 Å². The van der Waals surface area contributed by atoms with Crippen LogP contribution < -0.4 is 15.6 Å². The molecular weight excluding hydrogens is 246 g/mol. The largest absolute Gasteiger partial charge is 0.480 e. The summed E-state index contributed by atoms with van der Waals surface area (Å²) in [7, 11) is 0. The predicted molar refractivity (Wildman–Crippen MR) is 58.1 cm³/mol. The summed E-state index contributed by atoms with van der Waals surface area (Å²) >= 11 is 0. The minimum Gasteiger partial charge on any atom is -0.480 e. The zero-order chi connectivity index (χ0) is 13.1. The smallest absolute Gasteiger partial charge is 0.387 e. The topological polar surface area (TPSA) is 70.6 Å². The highest BCUT2D eigenvalue weighted by molar-refractivity contribution is 5.73. The Kier molecular flexibility index (Phi) is 3.73. The van der Waals surface area contributed by atoms with Gasteiger partial charge in [-0.05, 0) is 24.1 Å². The number of hydrogen-bond donors (Lipinski definition) is 3. The van der Waals surface area contributed by atoms with Gasteiger partial charge in [0.2, 0.25) is 0 Å². The fourth-order valence-corrected chi connectivity index (χ4v) is 1.82. The molecule has 5 nitrogen and oxygen atoms in total. The molecule has 0 saturated carbocycles. The molecule has 0 spiro atoms. The number of nitrogens with one attached hydrogen (secondary N) is 2. The molecular formula is C11H12F2N2O3. The zero-order valence-electron chi connectivity index (χ0n) is 9.27. The normalized spacial score (nSPS) is 23.3. The number of carboxylic acids is 1. The summed E-state index contributed by atoms with van der Waals surface area (Å²) in [6.07, 6.45) is 0.393. The summed E-state index contributed by atoms with van der Waals surface area (Å²) in [4.78, 5) is 10.7. The Bertz CT molecular complexity index is 425. The highest BCUT2D eigenvalue weighted by Gasteiger charge is 2.29. The maximum atomic E-state index is 12.0. The third-order valence-electron chi connectivity index (χ3n) is 2.71. The van der Waals surface area contributed by atoms with Crippen molar-refractivity contribution in [1.29, 1.82) is 0 Å². The van der Waals surface area contributed by atoms with Crippen molar-refractivity contribution in [3.8, 4) is 5.75 Å². The fraction of sp³-hybridized carbons (Fsp3) is 0.364. The highest BCUT2D eigenvalue weighted by Crippen LogP contribution is 2.24. The van der Waals surface area contributed by atoms with Crippen LogP contribution in [0.3, 0.4) is 0 Å². The molecule has 3 N–H and O–H groups in total. The number of carboxylic acid groups (broad SMARTS) is 1. The first-order chi connectivity index (χ1) is 8.56. The van der Waals surface area contributed by atoms with Crippen LogP contribution in [0.25, 0.3) is 0 Å². The van der Waals surface area contributed by atoms with Crippen molar-refractivity contribution >= 4 is 5.97 Å². The molecule has 0 radical (unpaired) electrons. The zero-order valence-corrected chi connectivity index (χ0v) is 9.27. The lowest BCUT2D eigenvalue weighted by molar-refractivity contribution is -0.139. The van der Waals surface area contributed by atoms with E-state index < -0.39 is 18.6 Å². The predicted octanol–water partition coefficient (Wildman–Crippen LogP) is 1.28. The monoisotopic (exact) mass is 258 g/mol. The minimum absolute atomic E-state index is 0.0782. The van der Waals surface area contributed by atoms with Crippen molar-refractivity contribution in [1.82, 2.24) is 10.9 Å². The Balaban J connectivity index is 2.00. The maximum Gasteiger partial charge on any atom is 0.387 e. The molecule has 0 aromatic heterocycles. The van der Waals surface area contributed by atoms with Crippen LogP contribution in [0.1, 0.15) is 18.0 Å². The van der Waals surface area contributed by atoms with Gasteiger partial charge in [-0.3, -0.25) is 4.79 Å². The van der Waals surface area contributed by atoms with E-state index in [2.05, 4.69) is 15.6 Å². The molecule has 7 heteroatoms. The molecule has 98 valence electrons. The van der Waals surface area contributed by atoms with Gasteiger partial charge in [0.15, 0.2) is 0 Å². The molecule has 18 heavy (non-hydrogen) atoms. The van der Waals surface area contributed by atoms with E-state index in [1.165, 1.54) is 12.1 Å². The number of benzene rings is 1. The van der Waals surface area contributed by atoms with Gasteiger partial charge in [0.25, 0.3) is 0 Å². The minimum atomic E-state index is -2.85. The number of halogens is 2. The lowest BCUT2D eigenvalue weighted by Gasteiger charge is -2.10. The molecule has 1 saturated heterocycles. The third kappa shape index (κ3) is 2.93. The Morgan fingerprint density at radius 2 is 2.00 bits per heavy atom. The third-order valence-corrected chi connectivity index (χ3v) is 2.71. The van der Waals surface area contributed by atoms with Crippen molar-refractivity contribution in [2.75, 3.05) is 0 Å². The van der Waals surface area contributed by atoms with Crippen LogP contribution in [-0.2, 0) is 4.79 Å². The molecule has 2 rings (SSSR count). The fourth-order valence-electron chi connectivity index (χ4n) is 1.82. The second-order valence-corrected chi connectivity index (χ2v) is 3.92. The number of hydrogen-bond acceptors (Lipinski definition) is 4. The van der Waals surface area contributed by atoms with Crippen LogP contribution in [0.15, 0.2) is 24.3 Å². The van der Waals surface area contributed by atoms with Crippen LogP contribution in [0.4, 0.5) is 8.78 Å². The quantitative estimate of drug-likeness (QED) is 0.759. The van der Waals surface area contributed by atoms with Crippen molar-refractivity contribution in [2.24, 2.45) is 0 Å². The standard InChI is InChI=1S/C11H12F2N2O3/c12-11(13)18-7-3-1-6(2-4-7)8-5-9(10(16)17)15-14-8/h1-4,8-9,11,14-15H,5H2,(H,16,17). The van der Waals surface area contributed by atoms with Crippen LogP contribution in [0, 0.1) is 0 Å². The van der Waals surface area contributed by atoms with Gasteiger partial charge in [-0.1, -0.05) is 12.1 Å². The van der Waals surface area contributed by atoms with E-state index in [0.717, 1.165) is 5.56 Å². The van der Waals surface area contributed by atoms with Crippen molar-refractivity contribution < 1.29 is 23.4 Å². The molecule has 1 aromatic carbocycles. The first kappa shape index (κ1) is 12.7. The van der Waals surface area contributed by atoms with Crippen LogP contribution in [-0.4, -0.2) is 23.7 Å². The first-order valence-corrected chi connectivity index (χ1v) is 5.35. The van der Waals surface area contributed by atoms with E-state index in [9.17, 15) is 13.6 Å². The number of rotatable bonds is 4. The van der Waals surface area contributed by atoms with E-state index in [4.69, 9.17) is 5.11 Å². The SMILES string of the molecule is O=C(O)C1CC(c2ccc(OC(F)F)cc2)NN1.